The van der Waals surface area contributed by atoms with Crippen molar-refractivity contribution in [2.75, 3.05) is 12.3 Å². The van der Waals surface area contributed by atoms with E-state index < -0.39 is 11.8 Å². The molecule has 0 unspecified atom stereocenters. The van der Waals surface area contributed by atoms with Crippen LogP contribution in [0.3, 0.4) is 0 Å². The van der Waals surface area contributed by atoms with Crippen LogP contribution in [0.15, 0.2) is 39.6 Å². The van der Waals surface area contributed by atoms with Gasteiger partial charge in [0.1, 0.15) is 10.6 Å². The lowest BCUT2D eigenvalue weighted by molar-refractivity contribution is -0.123. The minimum absolute atomic E-state index is 0.0160. The Morgan fingerprint density at radius 1 is 1.31 bits per heavy atom. The highest BCUT2D eigenvalue weighted by atomic mass is 32.2. The number of hydrogen-bond acceptors (Lipinski definition) is 6. The summed E-state index contributed by atoms with van der Waals surface area (Å²) in [6.07, 6.45) is 0. The predicted molar refractivity (Wildman–Crippen MR) is 98.6 cm³/mol. The molecule has 0 aliphatic rings. The fourth-order valence-electron chi connectivity index (χ4n) is 2.21. The van der Waals surface area contributed by atoms with Gasteiger partial charge in [-0.05, 0) is 17.7 Å². The highest BCUT2D eigenvalue weighted by Crippen LogP contribution is 2.31. The average molecular weight is 392 g/mol. The van der Waals surface area contributed by atoms with Gasteiger partial charge < -0.3 is 16.0 Å². The van der Waals surface area contributed by atoms with Crippen LogP contribution < -0.4 is 16.6 Å². The van der Waals surface area contributed by atoms with Crippen LogP contribution in [0.5, 0.6) is 0 Å². The smallest absolute Gasteiger partial charge is 0.260 e. The third-order valence-corrected chi connectivity index (χ3v) is 5.12. The van der Waals surface area contributed by atoms with Crippen molar-refractivity contribution in [2.45, 2.75) is 5.16 Å². The standard InChI is InChI=1S/C16H13FN4O3S2/c17-9-3-1-8(2-4-9)10-6-25-15-13(10)14(24)20-16(21-15)26-7-12(23)19-5-11(18)22/h1-4,6H,5,7H2,(H2,18,22)(H,19,23)(H,20,21,24). The van der Waals surface area contributed by atoms with Crippen molar-refractivity contribution in [1.29, 1.82) is 0 Å². The quantitative estimate of drug-likeness (QED) is 0.434. The molecule has 0 aliphatic heterocycles. The van der Waals surface area contributed by atoms with E-state index in [0.717, 1.165) is 17.3 Å². The van der Waals surface area contributed by atoms with Gasteiger partial charge >= 0.3 is 0 Å². The Kier molecular flexibility index (Phi) is 5.33. The SMILES string of the molecule is NC(=O)CNC(=O)CSc1nc2scc(-c3ccc(F)cc3)c2c(=O)[nH]1. The molecule has 3 aromatic rings. The molecule has 2 amide bonds. The number of amides is 2. The number of hydrogen-bond donors (Lipinski definition) is 3. The zero-order valence-corrected chi connectivity index (χ0v) is 14.9. The summed E-state index contributed by atoms with van der Waals surface area (Å²) in [5.41, 5.74) is 6.01. The van der Waals surface area contributed by atoms with Crippen LogP contribution in [0, 0.1) is 5.82 Å². The second-order valence-corrected chi connectivity index (χ2v) is 7.06. The summed E-state index contributed by atoms with van der Waals surface area (Å²) in [6, 6.07) is 5.86. The summed E-state index contributed by atoms with van der Waals surface area (Å²) < 4.78 is 13.1. The number of fused-ring (bicyclic) bond motifs is 1. The third-order valence-electron chi connectivity index (χ3n) is 3.38. The maximum absolute atomic E-state index is 13.1. The number of carbonyl (C=O) groups excluding carboxylic acids is 2. The first kappa shape index (κ1) is 18.1. The van der Waals surface area contributed by atoms with Crippen molar-refractivity contribution in [3.8, 4) is 11.1 Å². The van der Waals surface area contributed by atoms with Crippen molar-refractivity contribution in [2.24, 2.45) is 5.73 Å². The van der Waals surface area contributed by atoms with Crippen LogP contribution in [0.2, 0.25) is 0 Å². The average Bonchev–Trinajstić information content (AvgIpc) is 3.03. The monoisotopic (exact) mass is 392 g/mol. The number of nitrogens with zero attached hydrogens (tertiary/aromatic N) is 1. The molecule has 0 saturated carbocycles. The molecule has 134 valence electrons. The van der Waals surface area contributed by atoms with Crippen LogP contribution in [0.4, 0.5) is 4.39 Å². The molecule has 0 aliphatic carbocycles. The van der Waals surface area contributed by atoms with Gasteiger partial charge in [0, 0.05) is 10.9 Å². The van der Waals surface area contributed by atoms with Gasteiger partial charge in [0.25, 0.3) is 5.56 Å². The Balaban J connectivity index is 1.81. The molecule has 0 spiro atoms. The second-order valence-electron chi connectivity index (χ2n) is 5.24. The Hall–Kier alpha value is -2.72. The van der Waals surface area contributed by atoms with Crippen LogP contribution in [0.1, 0.15) is 0 Å². The lowest BCUT2D eigenvalue weighted by Gasteiger charge is -2.03. The van der Waals surface area contributed by atoms with Gasteiger partial charge in [-0.1, -0.05) is 23.9 Å². The number of primary amides is 1. The summed E-state index contributed by atoms with van der Waals surface area (Å²) >= 11 is 2.33. The molecule has 1 aromatic carbocycles. The molecular weight excluding hydrogens is 379 g/mol. The van der Waals surface area contributed by atoms with Gasteiger partial charge in [-0.25, -0.2) is 9.37 Å². The van der Waals surface area contributed by atoms with Gasteiger partial charge in [0.2, 0.25) is 11.8 Å². The van der Waals surface area contributed by atoms with E-state index in [1.807, 2.05) is 0 Å². The number of aromatic nitrogens is 2. The van der Waals surface area contributed by atoms with Gasteiger partial charge in [-0.2, -0.15) is 0 Å². The molecule has 2 aromatic heterocycles. The van der Waals surface area contributed by atoms with E-state index in [1.54, 1.807) is 17.5 Å². The molecule has 26 heavy (non-hydrogen) atoms. The van der Waals surface area contributed by atoms with Gasteiger partial charge in [0.05, 0.1) is 17.7 Å². The first-order valence-electron chi connectivity index (χ1n) is 7.39. The molecule has 2 heterocycles. The van der Waals surface area contributed by atoms with Crippen LogP contribution in [0.25, 0.3) is 21.3 Å². The normalized spacial score (nSPS) is 10.8. The molecule has 3 rings (SSSR count). The topological polar surface area (TPSA) is 118 Å². The summed E-state index contributed by atoms with van der Waals surface area (Å²) in [7, 11) is 0. The number of carbonyl (C=O) groups is 2. The highest BCUT2D eigenvalue weighted by molar-refractivity contribution is 7.99. The van der Waals surface area contributed by atoms with E-state index in [9.17, 15) is 18.8 Å². The van der Waals surface area contributed by atoms with Crippen molar-refractivity contribution in [3.05, 3.63) is 45.8 Å². The Labute approximate surface area is 154 Å². The zero-order valence-electron chi connectivity index (χ0n) is 13.2. The number of rotatable bonds is 6. The van der Waals surface area contributed by atoms with Crippen LogP contribution in [-0.2, 0) is 9.59 Å². The molecule has 0 saturated heterocycles. The number of thiophene rings is 1. The number of benzene rings is 1. The second kappa shape index (κ2) is 7.67. The van der Waals surface area contributed by atoms with E-state index >= 15 is 0 Å². The fourth-order valence-corrected chi connectivity index (χ4v) is 3.91. The molecule has 4 N–H and O–H groups in total. The van der Waals surface area contributed by atoms with Crippen molar-refractivity contribution < 1.29 is 14.0 Å². The zero-order chi connectivity index (χ0) is 18.7. The van der Waals surface area contributed by atoms with E-state index in [4.69, 9.17) is 5.73 Å². The Morgan fingerprint density at radius 2 is 2.04 bits per heavy atom. The number of thioether (sulfide) groups is 1. The number of aromatic amines is 1. The summed E-state index contributed by atoms with van der Waals surface area (Å²) in [6.45, 7) is -0.242. The predicted octanol–water partition coefficient (Wildman–Crippen LogP) is 1.48. The largest absolute Gasteiger partial charge is 0.368 e. The summed E-state index contributed by atoms with van der Waals surface area (Å²) in [5.74, 6) is -1.40. The minimum atomic E-state index is -0.636. The summed E-state index contributed by atoms with van der Waals surface area (Å²) in [4.78, 5) is 42.2. The highest BCUT2D eigenvalue weighted by Gasteiger charge is 2.14. The number of nitrogens with two attached hydrogens (primary N) is 1. The first-order chi connectivity index (χ1) is 12.4. The molecular formula is C16H13FN4O3S2. The van der Waals surface area contributed by atoms with Gasteiger partial charge in [-0.15, -0.1) is 11.3 Å². The number of nitrogens with one attached hydrogen (secondary N) is 2. The lowest BCUT2D eigenvalue weighted by Crippen LogP contribution is -2.34. The Bertz CT molecular complexity index is 1030. The maximum Gasteiger partial charge on any atom is 0.260 e. The molecule has 0 atom stereocenters. The minimum Gasteiger partial charge on any atom is -0.368 e. The third kappa shape index (κ3) is 4.09. The number of H-pyrrole nitrogens is 1. The van der Waals surface area contributed by atoms with Gasteiger partial charge in [0.15, 0.2) is 5.16 Å². The van der Waals surface area contributed by atoms with Crippen LogP contribution in [-0.4, -0.2) is 34.1 Å². The lowest BCUT2D eigenvalue weighted by atomic mass is 10.1. The molecule has 7 nitrogen and oxygen atoms in total. The van der Waals surface area contributed by atoms with Crippen molar-refractivity contribution >= 4 is 45.1 Å². The summed E-state index contributed by atoms with van der Waals surface area (Å²) in [5, 5.41) is 4.85. The van der Waals surface area contributed by atoms with Crippen LogP contribution >= 0.6 is 23.1 Å². The van der Waals surface area contributed by atoms with Gasteiger partial charge in [-0.3, -0.25) is 14.4 Å². The maximum atomic E-state index is 13.1. The van der Waals surface area contributed by atoms with E-state index in [-0.39, 0.29) is 23.7 Å². The van der Waals surface area contributed by atoms with E-state index in [1.165, 1.54) is 23.5 Å². The fraction of sp³-hybridized carbons (Fsp3) is 0.125. The molecule has 0 radical (unpaired) electrons. The van der Waals surface area contributed by atoms with Crippen molar-refractivity contribution in [1.82, 2.24) is 15.3 Å². The van der Waals surface area contributed by atoms with Crippen molar-refractivity contribution in [3.63, 3.8) is 0 Å². The molecule has 10 heteroatoms. The Morgan fingerprint density at radius 3 is 2.73 bits per heavy atom. The molecule has 0 bridgehead atoms. The number of halogens is 1. The van der Waals surface area contributed by atoms with E-state index in [2.05, 4.69) is 15.3 Å². The van der Waals surface area contributed by atoms with E-state index in [0.29, 0.717) is 20.9 Å². The molecule has 0 fully saturated rings. The first-order valence-corrected chi connectivity index (χ1v) is 9.26.